The number of halogens is 4. The summed E-state index contributed by atoms with van der Waals surface area (Å²) in [6.07, 6.45) is 1.56. The predicted octanol–water partition coefficient (Wildman–Crippen LogP) is 7.17. The summed E-state index contributed by atoms with van der Waals surface area (Å²) in [5.41, 5.74) is 5.61. The molecule has 8 heteroatoms. The lowest BCUT2D eigenvalue weighted by Gasteiger charge is -2.12. The van der Waals surface area contributed by atoms with Crippen LogP contribution < -0.4 is 10.2 Å². The third-order valence-electron chi connectivity index (χ3n) is 4.18. The van der Waals surface area contributed by atoms with Crippen molar-refractivity contribution in [1.82, 2.24) is 5.43 Å². The molecular weight excluding hydrogens is 555 g/mol. The van der Waals surface area contributed by atoms with E-state index in [1.54, 1.807) is 24.4 Å². The van der Waals surface area contributed by atoms with Crippen molar-refractivity contribution in [2.24, 2.45) is 5.10 Å². The molecule has 0 spiro atoms. The summed E-state index contributed by atoms with van der Waals surface area (Å²) < 4.78 is 7.37. The van der Waals surface area contributed by atoms with Gasteiger partial charge in [-0.2, -0.15) is 5.10 Å². The number of carbonyl (C=O) groups is 1. The number of carbonyl (C=O) groups excluding carboxylic acids is 1. The lowest BCUT2D eigenvalue weighted by molar-refractivity contribution is 0.0954. The molecule has 3 aromatic rings. The Bertz CT molecular complexity index is 1100. The smallest absolute Gasteiger partial charge is 0.271 e. The average molecular weight is 571 g/mol. The molecule has 3 aromatic carbocycles. The summed E-state index contributed by atoms with van der Waals surface area (Å²) in [6.45, 7) is 2.16. The number of benzene rings is 3. The number of rotatable bonds is 6. The van der Waals surface area contributed by atoms with Gasteiger partial charge in [-0.3, -0.25) is 4.79 Å². The highest BCUT2D eigenvalue weighted by Gasteiger charge is 2.11. The van der Waals surface area contributed by atoms with Crippen molar-refractivity contribution in [3.05, 3.63) is 95.8 Å². The lowest BCUT2D eigenvalue weighted by Crippen LogP contribution is -2.18. The van der Waals surface area contributed by atoms with Gasteiger partial charge in [-0.25, -0.2) is 5.43 Å². The summed E-state index contributed by atoms with van der Waals surface area (Å²) in [5.74, 6) is 0.365. The molecule has 0 bridgehead atoms. The van der Waals surface area contributed by atoms with E-state index < -0.39 is 0 Å². The van der Waals surface area contributed by atoms with E-state index in [9.17, 15) is 4.79 Å². The van der Waals surface area contributed by atoms with E-state index in [4.69, 9.17) is 27.9 Å². The van der Waals surface area contributed by atoms with Crippen molar-refractivity contribution in [3.8, 4) is 5.75 Å². The zero-order valence-electron chi connectivity index (χ0n) is 15.8. The topological polar surface area (TPSA) is 50.7 Å². The SMILES string of the molecule is Cc1ccccc1C(=O)N/N=C\c1cc(Br)c(OCc2ccc(Cl)cc2Cl)c(Br)c1. The van der Waals surface area contributed by atoms with Crippen molar-refractivity contribution in [2.45, 2.75) is 13.5 Å². The average Bonchev–Trinajstić information content (AvgIpc) is 2.69. The molecule has 0 saturated heterocycles. The van der Waals surface area contributed by atoms with Gasteiger partial charge in [0.2, 0.25) is 0 Å². The molecule has 0 saturated carbocycles. The van der Waals surface area contributed by atoms with Gasteiger partial charge in [0.25, 0.3) is 5.91 Å². The van der Waals surface area contributed by atoms with Crippen LogP contribution in [0.4, 0.5) is 0 Å². The minimum absolute atomic E-state index is 0.262. The van der Waals surface area contributed by atoms with Gasteiger partial charge < -0.3 is 4.74 Å². The van der Waals surface area contributed by atoms with Gasteiger partial charge >= 0.3 is 0 Å². The predicted molar refractivity (Wildman–Crippen MR) is 129 cm³/mol. The first-order chi connectivity index (χ1) is 14.3. The van der Waals surface area contributed by atoms with Crippen molar-refractivity contribution in [3.63, 3.8) is 0 Å². The van der Waals surface area contributed by atoms with Gasteiger partial charge in [0.05, 0.1) is 15.2 Å². The molecule has 3 rings (SSSR count). The van der Waals surface area contributed by atoms with E-state index in [0.717, 1.165) is 25.6 Å². The maximum atomic E-state index is 12.2. The maximum Gasteiger partial charge on any atom is 0.271 e. The Labute approximate surface area is 201 Å². The van der Waals surface area contributed by atoms with Gasteiger partial charge in [-0.05, 0) is 80.2 Å². The van der Waals surface area contributed by atoms with Crippen LogP contribution in [0, 0.1) is 6.92 Å². The van der Waals surface area contributed by atoms with E-state index >= 15 is 0 Å². The highest BCUT2D eigenvalue weighted by atomic mass is 79.9. The van der Waals surface area contributed by atoms with E-state index in [0.29, 0.717) is 21.4 Å². The zero-order chi connectivity index (χ0) is 21.7. The molecule has 30 heavy (non-hydrogen) atoms. The quantitative estimate of drug-likeness (QED) is 0.252. The molecule has 0 fully saturated rings. The molecule has 0 atom stereocenters. The van der Waals surface area contributed by atoms with Crippen LogP contribution >= 0.6 is 55.1 Å². The third-order valence-corrected chi connectivity index (χ3v) is 5.94. The molecule has 0 radical (unpaired) electrons. The Balaban J connectivity index is 1.67. The number of nitrogens with one attached hydrogen (secondary N) is 1. The Hall–Kier alpha value is -1.86. The van der Waals surface area contributed by atoms with Crippen molar-refractivity contribution in [2.75, 3.05) is 0 Å². The summed E-state index contributed by atoms with van der Waals surface area (Å²) in [7, 11) is 0. The van der Waals surface area contributed by atoms with Crippen LogP contribution in [0.1, 0.15) is 27.0 Å². The number of hydrogen-bond donors (Lipinski definition) is 1. The van der Waals surface area contributed by atoms with Crippen LogP contribution in [0.2, 0.25) is 10.0 Å². The number of aryl methyl sites for hydroxylation is 1. The Kier molecular flexibility index (Phi) is 7.94. The first kappa shape index (κ1) is 22.8. The molecule has 0 aliphatic heterocycles. The summed E-state index contributed by atoms with van der Waals surface area (Å²) in [5, 5.41) is 5.17. The number of amides is 1. The molecule has 0 aromatic heterocycles. The molecule has 4 nitrogen and oxygen atoms in total. The highest BCUT2D eigenvalue weighted by molar-refractivity contribution is 9.11. The van der Waals surface area contributed by atoms with Crippen LogP contribution in [0.5, 0.6) is 5.75 Å². The number of hydrazone groups is 1. The monoisotopic (exact) mass is 568 g/mol. The van der Waals surface area contributed by atoms with Crippen molar-refractivity contribution < 1.29 is 9.53 Å². The number of nitrogens with zero attached hydrogens (tertiary/aromatic N) is 1. The van der Waals surface area contributed by atoms with E-state index in [1.807, 2.05) is 43.3 Å². The van der Waals surface area contributed by atoms with Crippen LogP contribution in [0.15, 0.2) is 68.6 Å². The van der Waals surface area contributed by atoms with E-state index in [2.05, 4.69) is 42.4 Å². The largest absolute Gasteiger partial charge is 0.486 e. The summed E-state index contributed by atoms with van der Waals surface area (Å²) in [6, 6.07) is 16.3. The second kappa shape index (κ2) is 10.4. The van der Waals surface area contributed by atoms with Gasteiger partial charge in [0, 0.05) is 21.2 Å². The minimum atomic E-state index is -0.262. The molecular formula is C22H16Br2Cl2N2O2. The Morgan fingerprint density at radius 3 is 2.47 bits per heavy atom. The fourth-order valence-electron chi connectivity index (χ4n) is 2.63. The first-order valence-corrected chi connectivity index (χ1v) is 11.1. The van der Waals surface area contributed by atoms with Gasteiger partial charge in [-0.15, -0.1) is 0 Å². The van der Waals surface area contributed by atoms with Crippen LogP contribution in [-0.2, 0) is 6.61 Å². The number of hydrogen-bond acceptors (Lipinski definition) is 3. The second-order valence-electron chi connectivity index (χ2n) is 6.35. The van der Waals surface area contributed by atoms with E-state index in [1.165, 1.54) is 0 Å². The van der Waals surface area contributed by atoms with Gasteiger partial charge in [0.1, 0.15) is 12.4 Å². The first-order valence-electron chi connectivity index (χ1n) is 8.80. The van der Waals surface area contributed by atoms with Crippen LogP contribution in [-0.4, -0.2) is 12.1 Å². The zero-order valence-corrected chi connectivity index (χ0v) is 20.4. The van der Waals surface area contributed by atoms with Crippen molar-refractivity contribution in [1.29, 1.82) is 0 Å². The van der Waals surface area contributed by atoms with Crippen LogP contribution in [0.25, 0.3) is 0 Å². The van der Waals surface area contributed by atoms with Gasteiger partial charge in [0.15, 0.2) is 0 Å². The molecule has 1 N–H and O–H groups in total. The molecule has 0 aliphatic rings. The Morgan fingerprint density at radius 2 is 1.80 bits per heavy atom. The Morgan fingerprint density at radius 1 is 1.10 bits per heavy atom. The standard InChI is InChI=1S/C22H16Br2Cl2N2O2/c1-13-4-2-3-5-17(13)22(29)28-27-11-14-8-18(23)21(19(24)9-14)30-12-15-6-7-16(25)10-20(15)26/h2-11H,12H2,1H3,(H,28,29)/b27-11-. The van der Waals surface area contributed by atoms with Crippen LogP contribution in [0.3, 0.4) is 0 Å². The lowest BCUT2D eigenvalue weighted by atomic mass is 10.1. The molecule has 0 aliphatic carbocycles. The highest BCUT2D eigenvalue weighted by Crippen LogP contribution is 2.35. The number of ether oxygens (including phenoxy) is 1. The molecule has 154 valence electrons. The molecule has 0 heterocycles. The third kappa shape index (κ3) is 5.85. The maximum absolute atomic E-state index is 12.2. The molecule has 0 unspecified atom stereocenters. The minimum Gasteiger partial charge on any atom is -0.486 e. The second-order valence-corrected chi connectivity index (χ2v) is 8.90. The van der Waals surface area contributed by atoms with Crippen molar-refractivity contribution >= 4 is 67.2 Å². The molecule has 1 amide bonds. The normalized spacial score (nSPS) is 11.0. The van der Waals surface area contributed by atoms with E-state index in [-0.39, 0.29) is 12.5 Å². The fourth-order valence-corrected chi connectivity index (χ4v) is 4.55. The summed E-state index contributed by atoms with van der Waals surface area (Å²) >= 11 is 19.1. The van der Waals surface area contributed by atoms with Gasteiger partial charge in [-0.1, -0.05) is 47.5 Å². The fraction of sp³-hybridized carbons (Fsp3) is 0.0909. The summed E-state index contributed by atoms with van der Waals surface area (Å²) in [4.78, 5) is 12.2.